The number of allylic oxidation sites excluding steroid dienone is 1. The number of halogens is 1. The maximum absolute atomic E-state index is 13.3. The number of carbonyl (C=O) groups is 2. The summed E-state index contributed by atoms with van der Waals surface area (Å²) < 4.78 is 13.3. The van der Waals surface area contributed by atoms with Crippen molar-refractivity contribution in [2.24, 2.45) is 5.73 Å². The van der Waals surface area contributed by atoms with Crippen LogP contribution in [0.1, 0.15) is 5.56 Å². The Morgan fingerprint density at radius 1 is 0.938 bits per heavy atom. The molecule has 0 fully saturated rings. The first-order valence-corrected chi connectivity index (χ1v) is 9.70. The van der Waals surface area contributed by atoms with Crippen LogP contribution in [0.5, 0.6) is 0 Å². The minimum atomic E-state index is -0.492. The van der Waals surface area contributed by atoms with Crippen LogP contribution >= 0.6 is 0 Å². The summed E-state index contributed by atoms with van der Waals surface area (Å²) in [7, 11) is 0. The number of nitrogens with two attached hydrogens (primary N) is 1. The summed E-state index contributed by atoms with van der Waals surface area (Å²) in [6.07, 6.45) is 1.54. The van der Waals surface area contributed by atoms with Gasteiger partial charge in [-0.05, 0) is 54.6 Å². The Hall–Kier alpha value is -4.59. The predicted molar refractivity (Wildman–Crippen MR) is 125 cm³/mol. The van der Waals surface area contributed by atoms with Gasteiger partial charge in [0.2, 0.25) is 0 Å². The zero-order valence-electron chi connectivity index (χ0n) is 16.9. The highest BCUT2D eigenvalue weighted by Crippen LogP contribution is 2.35. The third-order valence-electron chi connectivity index (χ3n) is 4.62. The second-order valence-corrected chi connectivity index (χ2v) is 7.14. The van der Waals surface area contributed by atoms with Crippen LogP contribution in [0.4, 0.5) is 37.6 Å². The molecule has 0 aromatic heterocycles. The van der Waals surface area contributed by atoms with Crippen molar-refractivity contribution in [3.63, 3.8) is 0 Å². The van der Waals surface area contributed by atoms with E-state index in [0.717, 1.165) is 16.9 Å². The number of benzene rings is 3. The van der Waals surface area contributed by atoms with Gasteiger partial charge in [-0.25, -0.2) is 9.18 Å². The molecule has 32 heavy (non-hydrogen) atoms. The molecular weight excluding hydrogens is 409 g/mol. The second kappa shape index (κ2) is 8.65. The lowest BCUT2D eigenvalue weighted by Gasteiger charge is -2.11. The van der Waals surface area contributed by atoms with Crippen molar-refractivity contribution in [2.75, 3.05) is 21.3 Å². The Balaban J connectivity index is 1.45. The van der Waals surface area contributed by atoms with E-state index < -0.39 is 11.8 Å². The van der Waals surface area contributed by atoms with Crippen molar-refractivity contribution in [2.45, 2.75) is 0 Å². The van der Waals surface area contributed by atoms with Crippen LogP contribution in [-0.2, 0) is 4.79 Å². The Morgan fingerprint density at radius 3 is 2.31 bits per heavy atom. The zero-order chi connectivity index (χ0) is 22.7. The van der Waals surface area contributed by atoms with Gasteiger partial charge in [-0.2, -0.15) is 0 Å². The first kappa shape index (κ1) is 20.7. The number of anilines is 5. The highest BCUT2D eigenvalue weighted by molar-refractivity contribution is 6.32. The first-order chi connectivity index (χ1) is 15.4. The first-order valence-electron chi connectivity index (χ1n) is 9.70. The van der Waals surface area contributed by atoms with E-state index in [9.17, 15) is 14.0 Å². The van der Waals surface area contributed by atoms with Gasteiger partial charge in [0, 0.05) is 34.0 Å². The number of fused-ring (bicyclic) bond motifs is 1. The van der Waals surface area contributed by atoms with E-state index in [2.05, 4.69) is 27.8 Å². The fourth-order valence-electron chi connectivity index (χ4n) is 3.30. The molecule has 7 nitrogen and oxygen atoms in total. The van der Waals surface area contributed by atoms with Crippen LogP contribution in [0, 0.1) is 5.82 Å². The molecule has 0 bridgehead atoms. The molecule has 3 aromatic carbocycles. The summed E-state index contributed by atoms with van der Waals surface area (Å²) in [5.41, 5.74) is 10.2. The van der Waals surface area contributed by atoms with Crippen LogP contribution in [0.3, 0.4) is 0 Å². The van der Waals surface area contributed by atoms with Gasteiger partial charge < -0.3 is 27.0 Å². The SMILES string of the molecule is C=C(N)/C=C1\C(=O)Nc2cc(Nc3cccc(NC(=O)Nc4cccc(F)c4)c3)ccc21. The second-order valence-electron chi connectivity index (χ2n) is 7.14. The fraction of sp³-hybridized carbons (Fsp3) is 0. The molecule has 1 heterocycles. The molecule has 8 heteroatoms. The van der Waals surface area contributed by atoms with Crippen molar-refractivity contribution >= 4 is 45.9 Å². The van der Waals surface area contributed by atoms with Crippen LogP contribution in [0.25, 0.3) is 5.57 Å². The number of amides is 3. The van der Waals surface area contributed by atoms with Crippen LogP contribution in [-0.4, -0.2) is 11.9 Å². The number of hydrogen-bond donors (Lipinski definition) is 5. The third kappa shape index (κ3) is 4.76. The van der Waals surface area contributed by atoms with Gasteiger partial charge in [0.15, 0.2) is 0 Å². The molecule has 160 valence electrons. The largest absolute Gasteiger partial charge is 0.399 e. The van der Waals surface area contributed by atoms with Crippen LogP contribution in [0.15, 0.2) is 85.1 Å². The molecule has 6 N–H and O–H groups in total. The van der Waals surface area contributed by atoms with Crippen molar-refractivity contribution in [3.8, 4) is 0 Å². The maximum Gasteiger partial charge on any atom is 0.323 e. The molecule has 3 aromatic rings. The number of hydrogen-bond acceptors (Lipinski definition) is 4. The Bertz CT molecular complexity index is 1270. The molecule has 4 rings (SSSR count). The average Bonchev–Trinajstić information content (AvgIpc) is 3.02. The predicted octanol–water partition coefficient (Wildman–Crippen LogP) is 5.02. The average molecular weight is 429 g/mol. The number of carbonyl (C=O) groups excluding carboxylic acids is 2. The normalized spacial score (nSPS) is 13.3. The summed E-state index contributed by atoms with van der Waals surface area (Å²) >= 11 is 0. The Kier molecular flexibility index (Phi) is 5.59. The Morgan fingerprint density at radius 2 is 1.59 bits per heavy atom. The van der Waals surface area contributed by atoms with E-state index in [4.69, 9.17) is 5.73 Å². The zero-order valence-corrected chi connectivity index (χ0v) is 16.9. The van der Waals surface area contributed by atoms with Gasteiger partial charge in [0.05, 0.1) is 11.3 Å². The molecule has 1 aliphatic rings. The minimum absolute atomic E-state index is 0.237. The highest BCUT2D eigenvalue weighted by Gasteiger charge is 2.24. The molecule has 0 aliphatic carbocycles. The summed E-state index contributed by atoms with van der Waals surface area (Å²) in [6, 6.07) is 17.7. The molecule has 0 saturated heterocycles. The summed E-state index contributed by atoms with van der Waals surface area (Å²) in [5.74, 6) is -0.672. The topological polar surface area (TPSA) is 108 Å². The van der Waals surface area contributed by atoms with Gasteiger partial charge in [-0.1, -0.05) is 24.8 Å². The fourth-order valence-corrected chi connectivity index (χ4v) is 3.30. The molecule has 3 amide bonds. The Labute approximate surface area is 183 Å². The minimum Gasteiger partial charge on any atom is -0.399 e. The lowest BCUT2D eigenvalue weighted by Crippen LogP contribution is -2.19. The lowest BCUT2D eigenvalue weighted by atomic mass is 10.1. The van der Waals surface area contributed by atoms with E-state index >= 15 is 0 Å². The monoisotopic (exact) mass is 429 g/mol. The quantitative estimate of drug-likeness (QED) is 0.367. The summed E-state index contributed by atoms with van der Waals surface area (Å²) in [6.45, 7) is 3.61. The third-order valence-corrected chi connectivity index (χ3v) is 4.62. The molecule has 0 radical (unpaired) electrons. The molecule has 0 spiro atoms. The summed E-state index contributed by atoms with van der Waals surface area (Å²) in [5, 5.41) is 11.3. The van der Waals surface area contributed by atoms with E-state index in [1.807, 2.05) is 24.3 Å². The van der Waals surface area contributed by atoms with Crippen molar-refractivity contribution < 1.29 is 14.0 Å². The molecular formula is C24H20FN5O2. The molecule has 0 atom stereocenters. The smallest absolute Gasteiger partial charge is 0.323 e. The van der Waals surface area contributed by atoms with Crippen LogP contribution in [0.2, 0.25) is 0 Å². The van der Waals surface area contributed by atoms with E-state index in [0.29, 0.717) is 28.3 Å². The maximum atomic E-state index is 13.3. The number of urea groups is 1. The van der Waals surface area contributed by atoms with Gasteiger partial charge in [-0.3, -0.25) is 4.79 Å². The number of nitrogens with one attached hydrogen (secondary N) is 4. The molecule has 0 saturated carbocycles. The lowest BCUT2D eigenvalue weighted by molar-refractivity contribution is -0.110. The highest BCUT2D eigenvalue weighted by atomic mass is 19.1. The van der Waals surface area contributed by atoms with E-state index in [-0.39, 0.29) is 5.91 Å². The standard InChI is InChI=1S/C24H20FN5O2/c1-14(26)10-21-20-9-8-19(13-22(20)30-23(21)31)27-17-6-3-7-18(12-17)29-24(32)28-16-5-2-4-15(25)11-16/h2-13,27H,1,26H2,(H,30,31)(H2,28,29,32)/b21-10-. The summed E-state index contributed by atoms with van der Waals surface area (Å²) in [4.78, 5) is 24.4. The molecule has 1 aliphatic heterocycles. The van der Waals surface area contributed by atoms with Crippen molar-refractivity contribution in [1.29, 1.82) is 0 Å². The van der Waals surface area contributed by atoms with Gasteiger partial charge in [0.1, 0.15) is 5.82 Å². The van der Waals surface area contributed by atoms with Gasteiger partial charge in [-0.15, -0.1) is 0 Å². The van der Waals surface area contributed by atoms with E-state index in [1.165, 1.54) is 24.3 Å². The van der Waals surface area contributed by atoms with Gasteiger partial charge >= 0.3 is 6.03 Å². The van der Waals surface area contributed by atoms with Crippen molar-refractivity contribution in [1.82, 2.24) is 0 Å². The van der Waals surface area contributed by atoms with E-state index in [1.54, 1.807) is 24.3 Å². The van der Waals surface area contributed by atoms with Gasteiger partial charge in [0.25, 0.3) is 5.91 Å². The molecule has 0 unspecified atom stereocenters. The number of rotatable bonds is 5. The van der Waals surface area contributed by atoms with Crippen molar-refractivity contribution in [3.05, 3.63) is 96.5 Å². The van der Waals surface area contributed by atoms with Crippen LogP contribution < -0.4 is 27.0 Å².